The number of amides is 1. The Kier molecular flexibility index (Phi) is 5.17. The molecule has 0 radical (unpaired) electrons. The van der Waals surface area contributed by atoms with E-state index in [4.69, 9.17) is 0 Å². The first-order chi connectivity index (χ1) is 6.26. The Morgan fingerprint density at radius 3 is 3.00 bits per heavy atom. The molecule has 1 aliphatic rings. The van der Waals surface area contributed by atoms with Crippen molar-refractivity contribution in [2.45, 2.75) is 37.0 Å². The standard InChI is InChI=1S/C9H16BrNOS/c1-13-8-4-2-3-7(5-8)11-9(12)6-10/h7-8H,2-6H2,1H3,(H,11,12). The largest absolute Gasteiger partial charge is 0.353 e. The lowest BCUT2D eigenvalue weighted by molar-refractivity contribution is -0.119. The van der Waals surface area contributed by atoms with Gasteiger partial charge in [-0.15, -0.1) is 0 Å². The summed E-state index contributed by atoms with van der Waals surface area (Å²) in [5.41, 5.74) is 0. The van der Waals surface area contributed by atoms with E-state index in [0.717, 1.165) is 18.1 Å². The van der Waals surface area contributed by atoms with Crippen LogP contribution in [0.5, 0.6) is 0 Å². The third-order valence-corrected chi connectivity index (χ3v) is 4.05. The highest BCUT2D eigenvalue weighted by molar-refractivity contribution is 9.09. The number of nitrogens with one attached hydrogen (secondary N) is 1. The summed E-state index contributed by atoms with van der Waals surface area (Å²) in [7, 11) is 0. The van der Waals surface area contributed by atoms with Crippen LogP contribution in [0.2, 0.25) is 0 Å². The second-order valence-corrected chi connectivity index (χ2v) is 5.12. The van der Waals surface area contributed by atoms with Crippen molar-refractivity contribution in [2.75, 3.05) is 11.6 Å². The van der Waals surface area contributed by atoms with E-state index in [1.165, 1.54) is 12.8 Å². The molecule has 1 amide bonds. The summed E-state index contributed by atoms with van der Waals surface area (Å²) in [5, 5.41) is 4.20. The number of hydrogen-bond donors (Lipinski definition) is 1. The summed E-state index contributed by atoms with van der Waals surface area (Å²) in [6.07, 6.45) is 7.00. The highest BCUT2D eigenvalue weighted by Crippen LogP contribution is 2.26. The van der Waals surface area contributed by atoms with Crippen LogP contribution in [0.15, 0.2) is 0 Å². The molecular formula is C9H16BrNOS. The number of hydrogen-bond acceptors (Lipinski definition) is 2. The zero-order chi connectivity index (χ0) is 9.68. The average molecular weight is 266 g/mol. The second kappa shape index (κ2) is 5.91. The maximum Gasteiger partial charge on any atom is 0.230 e. The Hall–Kier alpha value is 0.300. The molecule has 2 unspecified atom stereocenters. The molecule has 1 aliphatic carbocycles. The second-order valence-electron chi connectivity index (χ2n) is 3.42. The Balaban J connectivity index is 2.29. The van der Waals surface area contributed by atoms with E-state index >= 15 is 0 Å². The molecule has 0 saturated heterocycles. The molecule has 1 saturated carbocycles. The van der Waals surface area contributed by atoms with E-state index in [9.17, 15) is 4.79 Å². The van der Waals surface area contributed by atoms with Gasteiger partial charge in [0.2, 0.25) is 5.91 Å². The minimum absolute atomic E-state index is 0.117. The predicted molar refractivity (Wildman–Crippen MR) is 61.5 cm³/mol. The van der Waals surface area contributed by atoms with Crippen LogP contribution in [-0.2, 0) is 4.79 Å². The van der Waals surface area contributed by atoms with E-state index in [2.05, 4.69) is 27.5 Å². The van der Waals surface area contributed by atoms with E-state index in [0.29, 0.717) is 11.4 Å². The lowest BCUT2D eigenvalue weighted by atomic mass is 9.95. The molecule has 1 rings (SSSR count). The molecule has 1 fully saturated rings. The van der Waals surface area contributed by atoms with Gasteiger partial charge >= 0.3 is 0 Å². The number of halogens is 1. The number of rotatable bonds is 3. The van der Waals surface area contributed by atoms with Crippen LogP contribution in [-0.4, -0.2) is 28.8 Å². The van der Waals surface area contributed by atoms with E-state index in [1.54, 1.807) is 0 Å². The van der Waals surface area contributed by atoms with Crippen LogP contribution < -0.4 is 5.32 Å². The van der Waals surface area contributed by atoms with E-state index in [1.807, 2.05) is 11.8 Å². The van der Waals surface area contributed by atoms with E-state index in [-0.39, 0.29) is 5.91 Å². The maximum absolute atomic E-state index is 11.1. The summed E-state index contributed by atoms with van der Waals surface area (Å²) in [4.78, 5) is 11.1. The van der Waals surface area contributed by atoms with Crippen LogP contribution in [0.25, 0.3) is 0 Å². The van der Waals surface area contributed by atoms with Crippen LogP contribution in [0.3, 0.4) is 0 Å². The fraction of sp³-hybridized carbons (Fsp3) is 0.889. The molecule has 0 heterocycles. The molecule has 0 spiro atoms. The Morgan fingerprint density at radius 1 is 1.62 bits per heavy atom. The van der Waals surface area contributed by atoms with Gasteiger partial charge < -0.3 is 5.32 Å². The van der Waals surface area contributed by atoms with Gasteiger partial charge in [0.25, 0.3) is 0 Å². The lowest BCUT2D eigenvalue weighted by Crippen LogP contribution is -2.39. The Morgan fingerprint density at radius 2 is 2.38 bits per heavy atom. The fourth-order valence-electron chi connectivity index (χ4n) is 1.76. The number of carbonyl (C=O) groups excluding carboxylic acids is 1. The number of carbonyl (C=O) groups is 1. The number of alkyl halides is 1. The molecule has 2 nitrogen and oxygen atoms in total. The normalized spacial score (nSPS) is 28.5. The summed E-state index contributed by atoms with van der Waals surface area (Å²) < 4.78 is 0. The highest BCUT2D eigenvalue weighted by Gasteiger charge is 2.21. The summed E-state index contributed by atoms with van der Waals surface area (Å²) >= 11 is 5.08. The monoisotopic (exact) mass is 265 g/mol. The van der Waals surface area contributed by atoms with Crippen molar-refractivity contribution in [2.24, 2.45) is 0 Å². The fourth-order valence-corrected chi connectivity index (χ4v) is 2.75. The molecule has 13 heavy (non-hydrogen) atoms. The minimum atomic E-state index is 0.117. The van der Waals surface area contributed by atoms with Gasteiger partial charge in [-0.1, -0.05) is 22.4 Å². The van der Waals surface area contributed by atoms with Crippen LogP contribution >= 0.6 is 27.7 Å². The molecule has 1 N–H and O–H groups in total. The van der Waals surface area contributed by atoms with Crippen LogP contribution in [0.1, 0.15) is 25.7 Å². The molecule has 0 bridgehead atoms. The smallest absolute Gasteiger partial charge is 0.230 e. The van der Waals surface area contributed by atoms with Gasteiger partial charge in [0.1, 0.15) is 0 Å². The Labute approximate surface area is 92.4 Å². The zero-order valence-corrected chi connectivity index (χ0v) is 10.3. The lowest BCUT2D eigenvalue weighted by Gasteiger charge is -2.28. The van der Waals surface area contributed by atoms with Gasteiger partial charge in [0, 0.05) is 11.3 Å². The number of thioether (sulfide) groups is 1. The molecular weight excluding hydrogens is 250 g/mol. The molecule has 4 heteroatoms. The molecule has 0 aliphatic heterocycles. The van der Waals surface area contributed by atoms with Crippen molar-refractivity contribution in [1.82, 2.24) is 5.32 Å². The van der Waals surface area contributed by atoms with Gasteiger partial charge in [-0.2, -0.15) is 11.8 Å². The first-order valence-electron chi connectivity index (χ1n) is 4.64. The molecule has 0 aromatic heterocycles. The molecule has 2 atom stereocenters. The first-order valence-corrected chi connectivity index (χ1v) is 7.05. The van der Waals surface area contributed by atoms with Crippen molar-refractivity contribution < 1.29 is 4.79 Å². The van der Waals surface area contributed by atoms with Crippen LogP contribution in [0, 0.1) is 0 Å². The van der Waals surface area contributed by atoms with Crippen LogP contribution in [0.4, 0.5) is 0 Å². The highest BCUT2D eigenvalue weighted by atomic mass is 79.9. The van der Waals surface area contributed by atoms with Crippen molar-refractivity contribution in [1.29, 1.82) is 0 Å². The molecule has 0 aromatic carbocycles. The van der Waals surface area contributed by atoms with Gasteiger partial charge in [-0.25, -0.2) is 0 Å². The van der Waals surface area contributed by atoms with Gasteiger partial charge in [0.05, 0.1) is 5.33 Å². The van der Waals surface area contributed by atoms with Crippen molar-refractivity contribution in [3.63, 3.8) is 0 Å². The molecule has 0 aromatic rings. The quantitative estimate of drug-likeness (QED) is 0.793. The van der Waals surface area contributed by atoms with Crippen molar-refractivity contribution in [3.05, 3.63) is 0 Å². The summed E-state index contributed by atoms with van der Waals surface area (Å²) in [5.74, 6) is 0.117. The SMILES string of the molecule is CSC1CCCC(NC(=O)CBr)C1. The zero-order valence-electron chi connectivity index (χ0n) is 7.88. The van der Waals surface area contributed by atoms with Gasteiger partial charge in [-0.05, 0) is 25.5 Å². The van der Waals surface area contributed by atoms with E-state index < -0.39 is 0 Å². The van der Waals surface area contributed by atoms with Gasteiger partial charge in [0.15, 0.2) is 0 Å². The predicted octanol–water partition coefficient (Wildman–Crippen LogP) is 2.17. The minimum Gasteiger partial charge on any atom is -0.353 e. The third kappa shape index (κ3) is 3.90. The topological polar surface area (TPSA) is 29.1 Å². The summed E-state index contributed by atoms with van der Waals surface area (Å²) in [6.45, 7) is 0. The average Bonchev–Trinajstić information content (AvgIpc) is 2.18. The first kappa shape index (κ1) is 11.4. The summed E-state index contributed by atoms with van der Waals surface area (Å²) in [6, 6.07) is 0.413. The van der Waals surface area contributed by atoms with Crippen molar-refractivity contribution >= 4 is 33.6 Å². The van der Waals surface area contributed by atoms with Crippen molar-refractivity contribution in [3.8, 4) is 0 Å². The molecule has 76 valence electrons. The third-order valence-electron chi connectivity index (χ3n) is 2.45. The van der Waals surface area contributed by atoms with Gasteiger partial charge in [-0.3, -0.25) is 4.79 Å². The Bertz CT molecular complexity index is 177. The maximum atomic E-state index is 11.1.